The van der Waals surface area contributed by atoms with Crippen LogP contribution in [0.1, 0.15) is 41.5 Å². The highest BCUT2D eigenvalue weighted by atomic mass is 32.1. The summed E-state index contributed by atoms with van der Waals surface area (Å²) in [6, 6.07) is 11.5. The molecular weight excluding hydrogens is 238 g/mol. The van der Waals surface area contributed by atoms with E-state index in [9.17, 15) is 0 Å². The van der Waals surface area contributed by atoms with Crippen molar-refractivity contribution in [3.63, 3.8) is 0 Å². The maximum atomic E-state index is 3.59. The summed E-state index contributed by atoms with van der Waals surface area (Å²) in [6.07, 6.45) is 1.10. The standard InChI is InChI=1S/C16H21NS/c1-4-13-6-8-14(9-7-13)15(17-5-2)16-12(3)10-11-18-16/h6-11,15,17H,4-5H2,1-3H3. The molecule has 0 saturated heterocycles. The average Bonchev–Trinajstić information content (AvgIpc) is 2.82. The molecule has 2 aromatic rings. The van der Waals surface area contributed by atoms with Crippen LogP contribution in [0, 0.1) is 6.92 Å². The Balaban J connectivity index is 2.32. The summed E-state index contributed by atoms with van der Waals surface area (Å²) in [5.74, 6) is 0. The molecule has 0 spiro atoms. The first-order valence-electron chi connectivity index (χ1n) is 6.62. The SMILES string of the molecule is CCNC(c1ccc(CC)cc1)c1sccc1C. The zero-order chi connectivity index (χ0) is 13.0. The smallest absolute Gasteiger partial charge is 0.0673 e. The van der Waals surface area contributed by atoms with Gasteiger partial charge in [-0.25, -0.2) is 0 Å². The van der Waals surface area contributed by atoms with Gasteiger partial charge in [0.25, 0.3) is 0 Å². The molecule has 0 aliphatic rings. The lowest BCUT2D eigenvalue weighted by molar-refractivity contribution is 0.637. The predicted molar refractivity (Wildman–Crippen MR) is 80.4 cm³/mol. The molecule has 1 aromatic heterocycles. The van der Waals surface area contributed by atoms with Crippen LogP contribution < -0.4 is 5.32 Å². The Morgan fingerprint density at radius 1 is 1.11 bits per heavy atom. The fraction of sp³-hybridized carbons (Fsp3) is 0.375. The number of aryl methyl sites for hydroxylation is 2. The van der Waals surface area contributed by atoms with E-state index in [2.05, 4.69) is 61.8 Å². The average molecular weight is 259 g/mol. The van der Waals surface area contributed by atoms with E-state index in [4.69, 9.17) is 0 Å². The van der Waals surface area contributed by atoms with E-state index in [-0.39, 0.29) is 0 Å². The minimum absolute atomic E-state index is 0.334. The van der Waals surface area contributed by atoms with E-state index < -0.39 is 0 Å². The second kappa shape index (κ2) is 6.17. The molecule has 2 heteroatoms. The van der Waals surface area contributed by atoms with E-state index in [0.29, 0.717) is 6.04 Å². The molecule has 1 heterocycles. The van der Waals surface area contributed by atoms with Crippen LogP contribution >= 0.6 is 11.3 Å². The second-order valence-electron chi connectivity index (χ2n) is 4.55. The highest BCUT2D eigenvalue weighted by molar-refractivity contribution is 7.10. The van der Waals surface area contributed by atoms with Gasteiger partial charge in [0.2, 0.25) is 0 Å². The van der Waals surface area contributed by atoms with Crippen LogP contribution in [-0.4, -0.2) is 6.54 Å². The summed E-state index contributed by atoms with van der Waals surface area (Å²) in [7, 11) is 0. The van der Waals surface area contributed by atoms with E-state index in [0.717, 1.165) is 13.0 Å². The first kappa shape index (κ1) is 13.3. The zero-order valence-corrected chi connectivity index (χ0v) is 12.2. The molecule has 18 heavy (non-hydrogen) atoms. The van der Waals surface area contributed by atoms with Crippen LogP contribution in [0.2, 0.25) is 0 Å². The summed E-state index contributed by atoms with van der Waals surface area (Å²) in [5.41, 5.74) is 4.14. The Morgan fingerprint density at radius 3 is 2.33 bits per heavy atom. The van der Waals surface area contributed by atoms with Gasteiger partial charge in [-0.1, -0.05) is 38.1 Å². The molecule has 1 atom stereocenters. The number of rotatable bonds is 5. The minimum atomic E-state index is 0.334. The molecule has 0 saturated carbocycles. The highest BCUT2D eigenvalue weighted by Crippen LogP contribution is 2.29. The molecule has 1 N–H and O–H groups in total. The van der Waals surface area contributed by atoms with Crippen molar-refractivity contribution in [3.05, 3.63) is 57.3 Å². The molecule has 0 radical (unpaired) electrons. The zero-order valence-electron chi connectivity index (χ0n) is 11.4. The van der Waals surface area contributed by atoms with Gasteiger partial charge in [-0.3, -0.25) is 0 Å². The van der Waals surface area contributed by atoms with Crippen LogP contribution in [0.5, 0.6) is 0 Å². The Labute approximate surface area is 114 Å². The largest absolute Gasteiger partial charge is 0.306 e. The fourth-order valence-corrected chi connectivity index (χ4v) is 3.22. The molecule has 2 rings (SSSR count). The second-order valence-corrected chi connectivity index (χ2v) is 5.50. The van der Waals surface area contributed by atoms with Gasteiger partial charge < -0.3 is 5.32 Å². The number of thiophene rings is 1. The van der Waals surface area contributed by atoms with Crippen LogP contribution in [-0.2, 0) is 6.42 Å². The van der Waals surface area contributed by atoms with Crippen molar-refractivity contribution in [3.8, 4) is 0 Å². The predicted octanol–water partition coefficient (Wildman–Crippen LogP) is 4.32. The minimum Gasteiger partial charge on any atom is -0.306 e. The maximum Gasteiger partial charge on any atom is 0.0673 e. The van der Waals surface area contributed by atoms with Crippen LogP contribution in [0.3, 0.4) is 0 Å². The summed E-state index contributed by atoms with van der Waals surface area (Å²) in [5, 5.41) is 5.77. The van der Waals surface area contributed by atoms with Crippen molar-refractivity contribution in [1.82, 2.24) is 5.32 Å². The Morgan fingerprint density at radius 2 is 1.83 bits per heavy atom. The lowest BCUT2D eigenvalue weighted by Gasteiger charge is -2.18. The molecule has 96 valence electrons. The molecule has 0 bridgehead atoms. The molecule has 1 unspecified atom stereocenters. The number of hydrogen-bond donors (Lipinski definition) is 1. The summed E-state index contributed by atoms with van der Waals surface area (Å²) in [4.78, 5) is 1.43. The summed E-state index contributed by atoms with van der Waals surface area (Å²) in [6.45, 7) is 7.53. The summed E-state index contributed by atoms with van der Waals surface area (Å²) >= 11 is 1.84. The van der Waals surface area contributed by atoms with Gasteiger partial charge >= 0.3 is 0 Å². The monoisotopic (exact) mass is 259 g/mol. The van der Waals surface area contributed by atoms with Crippen molar-refractivity contribution < 1.29 is 0 Å². The van der Waals surface area contributed by atoms with Gasteiger partial charge in [-0.05, 0) is 48.0 Å². The molecule has 0 aliphatic carbocycles. The van der Waals surface area contributed by atoms with Crippen molar-refractivity contribution >= 4 is 11.3 Å². The summed E-state index contributed by atoms with van der Waals surface area (Å²) < 4.78 is 0. The Kier molecular flexibility index (Phi) is 4.56. The van der Waals surface area contributed by atoms with E-state index in [1.54, 1.807) is 0 Å². The molecular formula is C16H21NS. The molecule has 1 aromatic carbocycles. The van der Waals surface area contributed by atoms with Gasteiger partial charge in [0.15, 0.2) is 0 Å². The van der Waals surface area contributed by atoms with E-state index in [1.807, 2.05) is 11.3 Å². The lowest BCUT2D eigenvalue weighted by atomic mass is 10.0. The van der Waals surface area contributed by atoms with Gasteiger partial charge in [0.05, 0.1) is 6.04 Å². The van der Waals surface area contributed by atoms with E-state index in [1.165, 1.54) is 21.6 Å². The number of nitrogens with one attached hydrogen (secondary N) is 1. The molecule has 1 nitrogen and oxygen atoms in total. The third kappa shape index (κ3) is 2.82. The van der Waals surface area contributed by atoms with Crippen molar-refractivity contribution in [2.24, 2.45) is 0 Å². The molecule has 0 fully saturated rings. The van der Waals surface area contributed by atoms with Crippen LogP contribution in [0.25, 0.3) is 0 Å². The first-order chi connectivity index (χ1) is 8.76. The van der Waals surface area contributed by atoms with Crippen molar-refractivity contribution in [1.29, 1.82) is 0 Å². The molecule has 0 amide bonds. The number of benzene rings is 1. The number of hydrogen-bond acceptors (Lipinski definition) is 2. The van der Waals surface area contributed by atoms with Gasteiger partial charge in [0, 0.05) is 4.88 Å². The van der Waals surface area contributed by atoms with E-state index >= 15 is 0 Å². The quantitative estimate of drug-likeness (QED) is 0.843. The normalized spacial score (nSPS) is 12.6. The topological polar surface area (TPSA) is 12.0 Å². The first-order valence-corrected chi connectivity index (χ1v) is 7.50. The highest BCUT2D eigenvalue weighted by Gasteiger charge is 2.16. The Bertz CT molecular complexity index is 484. The van der Waals surface area contributed by atoms with Gasteiger partial charge in [-0.2, -0.15) is 0 Å². The fourth-order valence-electron chi connectivity index (χ4n) is 2.19. The van der Waals surface area contributed by atoms with Crippen molar-refractivity contribution in [2.45, 2.75) is 33.2 Å². The maximum absolute atomic E-state index is 3.59. The lowest BCUT2D eigenvalue weighted by Crippen LogP contribution is -2.21. The van der Waals surface area contributed by atoms with Gasteiger partial charge in [0.1, 0.15) is 0 Å². The molecule has 0 aliphatic heterocycles. The van der Waals surface area contributed by atoms with Crippen LogP contribution in [0.4, 0.5) is 0 Å². The third-order valence-electron chi connectivity index (χ3n) is 3.29. The van der Waals surface area contributed by atoms with Crippen molar-refractivity contribution in [2.75, 3.05) is 6.54 Å². The van der Waals surface area contributed by atoms with Crippen LogP contribution in [0.15, 0.2) is 35.7 Å². The third-order valence-corrected chi connectivity index (χ3v) is 4.38. The Hall–Kier alpha value is -1.12. The van der Waals surface area contributed by atoms with Gasteiger partial charge in [-0.15, -0.1) is 11.3 Å².